The average molecular weight is 388 g/mol. The van der Waals surface area contributed by atoms with Gasteiger partial charge in [0.1, 0.15) is 10.6 Å². The Labute approximate surface area is 155 Å². The van der Waals surface area contributed by atoms with Crippen LogP contribution in [0.25, 0.3) is 0 Å². The molecule has 0 bridgehead atoms. The van der Waals surface area contributed by atoms with E-state index in [4.69, 9.17) is 16.3 Å². The van der Waals surface area contributed by atoms with Gasteiger partial charge in [0.05, 0.1) is 7.11 Å². The number of rotatable bonds is 5. The van der Waals surface area contributed by atoms with Gasteiger partial charge in [-0.15, -0.1) is 0 Å². The van der Waals surface area contributed by atoms with Gasteiger partial charge in [-0.25, -0.2) is 8.42 Å². The molecule has 2 aliphatic heterocycles. The molecule has 8 heteroatoms. The molecule has 3 rings (SSSR count). The van der Waals surface area contributed by atoms with Crippen molar-refractivity contribution >= 4 is 21.6 Å². The normalized spacial score (nSPS) is 23.5. The van der Waals surface area contributed by atoms with Crippen LogP contribution in [0.1, 0.15) is 12.8 Å². The van der Waals surface area contributed by atoms with Crippen molar-refractivity contribution < 1.29 is 13.2 Å². The second-order valence-corrected chi connectivity index (χ2v) is 9.06. The molecule has 140 valence electrons. The summed E-state index contributed by atoms with van der Waals surface area (Å²) in [5.74, 6) is 1.00. The zero-order valence-corrected chi connectivity index (χ0v) is 16.2. The van der Waals surface area contributed by atoms with Crippen LogP contribution in [0.2, 0.25) is 5.02 Å². The quantitative estimate of drug-likeness (QED) is 0.832. The Kier molecular flexibility index (Phi) is 6.22. The first-order valence-electron chi connectivity index (χ1n) is 8.77. The van der Waals surface area contributed by atoms with Crippen molar-refractivity contribution in [2.75, 3.05) is 52.9 Å². The van der Waals surface area contributed by atoms with Crippen LogP contribution in [0.3, 0.4) is 0 Å². The van der Waals surface area contributed by atoms with Gasteiger partial charge in [-0.05, 0) is 50.0 Å². The van der Waals surface area contributed by atoms with Crippen LogP contribution in [0.4, 0.5) is 0 Å². The number of hydrogen-bond acceptors (Lipinski definition) is 5. The van der Waals surface area contributed by atoms with Gasteiger partial charge in [0, 0.05) is 37.7 Å². The predicted molar refractivity (Wildman–Crippen MR) is 98.8 cm³/mol. The molecule has 0 radical (unpaired) electrons. The van der Waals surface area contributed by atoms with Gasteiger partial charge in [-0.2, -0.15) is 4.31 Å². The number of sulfonamides is 1. The van der Waals surface area contributed by atoms with Gasteiger partial charge in [0.2, 0.25) is 10.0 Å². The van der Waals surface area contributed by atoms with E-state index in [-0.39, 0.29) is 4.90 Å². The summed E-state index contributed by atoms with van der Waals surface area (Å²) in [6.07, 6.45) is 2.48. The highest BCUT2D eigenvalue weighted by Gasteiger charge is 2.31. The number of halogens is 1. The number of ether oxygens (including phenoxy) is 1. The summed E-state index contributed by atoms with van der Waals surface area (Å²) < 4.78 is 32.7. The van der Waals surface area contributed by atoms with E-state index < -0.39 is 10.0 Å². The zero-order chi connectivity index (χ0) is 17.9. The van der Waals surface area contributed by atoms with Gasteiger partial charge >= 0.3 is 0 Å². The Bertz CT molecular complexity index is 684. The first kappa shape index (κ1) is 18.9. The summed E-state index contributed by atoms with van der Waals surface area (Å²) in [7, 11) is -2.13. The fourth-order valence-corrected chi connectivity index (χ4v) is 5.43. The molecule has 2 fully saturated rings. The van der Waals surface area contributed by atoms with E-state index in [1.165, 1.54) is 30.3 Å². The fourth-order valence-electron chi connectivity index (χ4n) is 3.59. The van der Waals surface area contributed by atoms with Gasteiger partial charge in [0.15, 0.2) is 0 Å². The molecule has 1 atom stereocenters. The molecule has 6 nitrogen and oxygen atoms in total. The third kappa shape index (κ3) is 4.46. The van der Waals surface area contributed by atoms with E-state index in [0.29, 0.717) is 29.8 Å². The minimum absolute atomic E-state index is 0.146. The molecule has 1 aromatic rings. The second kappa shape index (κ2) is 8.22. The summed E-state index contributed by atoms with van der Waals surface area (Å²) in [6, 6.07) is 4.70. The minimum atomic E-state index is -3.60. The summed E-state index contributed by atoms with van der Waals surface area (Å²) in [5.41, 5.74) is 0. The smallest absolute Gasteiger partial charge is 0.246 e. The van der Waals surface area contributed by atoms with Crippen molar-refractivity contribution in [2.45, 2.75) is 17.7 Å². The van der Waals surface area contributed by atoms with Crippen molar-refractivity contribution in [3.63, 3.8) is 0 Å². The molecule has 0 saturated carbocycles. The summed E-state index contributed by atoms with van der Waals surface area (Å²) in [4.78, 5) is 2.52. The van der Waals surface area contributed by atoms with E-state index in [9.17, 15) is 8.42 Å². The monoisotopic (exact) mass is 387 g/mol. The van der Waals surface area contributed by atoms with E-state index in [1.54, 1.807) is 12.1 Å². The highest BCUT2D eigenvalue weighted by atomic mass is 35.5. The first-order chi connectivity index (χ1) is 12.0. The number of hydrogen-bond donors (Lipinski definition) is 1. The van der Waals surface area contributed by atoms with Crippen molar-refractivity contribution in [2.24, 2.45) is 5.92 Å². The van der Waals surface area contributed by atoms with Crippen LogP contribution < -0.4 is 10.1 Å². The first-order valence-corrected chi connectivity index (χ1v) is 10.6. The average Bonchev–Trinajstić information content (AvgIpc) is 2.63. The summed E-state index contributed by atoms with van der Waals surface area (Å²) >= 11 is 6.00. The molecule has 2 saturated heterocycles. The van der Waals surface area contributed by atoms with Gasteiger partial charge in [-0.1, -0.05) is 11.6 Å². The third-order valence-corrected chi connectivity index (χ3v) is 7.15. The maximum absolute atomic E-state index is 13.0. The number of benzene rings is 1. The predicted octanol–water partition coefficient (Wildman–Crippen LogP) is 1.65. The van der Waals surface area contributed by atoms with Gasteiger partial charge in [0.25, 0.3) is 0 Å². The molecular formula is C17H26ClN3O3S. The van der Waals surface area contributed by atoms with E-state index >= 15 is 0 Å². The fraction of sp³-hybridized carbons (Fsp3) is 0.647. The van der Waals surface area contributed by atoms with Crippen LogP contribution in [0, 0.1) is 5.92 Å². The molecule has 0 aromatic heterocycles. The molecule has 25 heavy (non-hydrogen) atoms. The Morgan fingerprint density at radius 3 is 2.68 bits per heavy atom. The van der Waals surface area contributed by atoms with E-state index in [1.807, 2.05) is 0 Å². The number of piperidine rings is 1. The highest BCUT2D eigenvalue weighted by Crippen LogP contribution is 2.30. The zero-order valence-electron chi connectivity index (χ0n) is 14.6. The standard InChI is InChI=1S/C17H26ClN3O3S/c1-24-16-5-4-15(18)11-17(16)25(22,23)21-9-7-20(8-10-21)13-14-3-2-6-19-12-14/h4-5,11,14,19H,2-3,6-10,12-13H2,1H3. The van der Waals surface area contributed by atoms with Crippen LogP contribution >= 0.6 is 11.6 Å². The summed E-state index contributed by atoms with van der Waals surface area (Å²) in [5, 5.41) is 3.83. The molecule has 0 spiro atoms. The SMILES string of the molecule is COc1ccc(Cl)cc1S(=O)(=O)N1CCN(CC2CCCNC2)CC1. The lowest BCUT2D eigenvalue weighted by Gasteiger charge is -2.36. The minimum Gasteiger partial charge on any atom is -0.495 e. The Hall–Kier alpha value is -0.860. The lowest BCUT2D eigenvalue weighted by atomic mass is 9.99. The topological polar surface area (TPSA) is 61.9 Å². The lowest BCUT2D eigenvalue weighted by molar-refractivity contribution is 0.154. The molecule has 2 aliphatic rings. The Morgan fingerprint density at radius 1 is 1.28 bits per heavy atom. The van der Waals surface area contributed by atoms with Crippen LogP contribution in [0.15, 0.2) is 23.1 Å². The molecule has 0 aliphatic carbocycles. The third-order valence-electron chi connectivity index (χ3n) is 4.99. The summed E-state index contributed by atoms with van der Waals surface area (Å²) in [6.45, 7) is 5.75. The number of methoxy groups -OCH3 is 1. The highest BCUT2D eigenvalue weighted by molar-refractivity contribution is 7.89. The Balaban J connectivity index is 1.64. The van der Waals surface area contributed by atoms with Crippen LogP contribution in [-0.4, -0.2) is 70.5 Å². The molecule has 1 unspecified atom stereocenters. The largest absolute Gasteiger partial charge is 0.495 e. The maximum Gasteiger partial charge on any atom is 0.246 e. The second-order valence-electron chi connectivity index (χ2n) is 6.71. The van der Waals surface area contributed by atoms with Crippen molar-refractivity contribution in [1.82, 2.24) is 14.5 Å². The van der Waals surface area contributed by atoms with Crippen LogP contribution in [-0.2, 0) is 10.0 Å². The molecule has 1 aromatic carbocycles. The molecule has 1 N–H and O–H groups in total. The van der Waals surface area contributed by atoms with E-state index in [2.05, 4.69) is 10.2 Å². The molecular weight excluding hydrogens is 362 g/mol. The van der Waals surface area contributed by atoms with Crippen LogP contribution in [0.5, 0.6) is 5.75 Å². The van der Waals surface area contributed by atoms with Crippen molar-refractivity contribution in [3.05, 3.63) is 23.2 Å². The number of nitrogens with one attached hydrogen (secondary N) is 1. The van der Waals surface area contributed by atoms with Crippen molar-refractivity contribution in [1.29, 1.82) is 0 Å². The van der Waals surface area contributed by atoms with Crippen molar-refractivity contribution in [3.8, 4) is 5.75 Å². The number of nitrogens with zero attached hydrogens (tertiary/aromatic N) is 2. The number of piperazine rings is 1. The lowest BCUT2D eigenvalue weighted by Crippen LogP contribution is -2.50. The van der Waals surface area contributed by atoms with Gasteiger partial charge in [-0.3, -0.25) is 0 Å². The maximum atomic E-state index is 13.0. The molecule has 2 heterocycles. The Morgan fingerprint density at radius 2 is 2.04 bits per heavy atom. The van der Waals surface area contributed by atoms with E-state index in [0.717, 1.165) is 32.7 Å². The van der Waals surface area contributed by atoms with Gasteiger partial charge < -0.3 is 15.0 Å². The molecule has 0 amide bonds.